The third kappa shape index (κ3) is 5.03. The van der Waals surface area contributed by atoms with Crippen molar-refractivity contribution in [3.63, 3.8) is 0 Å². The molecule has 0 aromatic heterocycles. The third-order valence-electron chi connectivity index (χ3n) is 6.53. The van der Waals surface area contributed by atoms with Gasteiger partial charge in [0, 0.05) is 51.1 Å². The first-order valence-corrected chi connectivity index (χ1v) is 13.1. The van der Waals surface area contributed by atoms with Gasteiger partial charge in [0.1, 0.15) is 5.69 Å². The van der Waals surface area contributed by atoms with E-state index >= 15 is 0 Å². The molecule has 0 radical (unpaired) electrons. The van der Waals surface area contributed by atoms with Gasteiger partial charge in [0.2, 0.25) is 10.0 Å². The van der Waals surface area contributed by atoms with Gasteiger partial charge in [-0.05, 0) is 56.9 Å². The summed E-state index contributed by atoms with van der Waals surface area (Å²) in [7, 11) is -3.60. The monoisotopic (exact) mass is 488 g/mol. The SMILES string of the molecule is Cc1cc(C)c(S(=O)(=O)N2CCN(c3ccc([N+](=O)[O-])c(NC[C@H]4CCCO4)c3)CC2)c(C)c1. The summed E-state index contributed by atoms with van der Waals surface area (Å²) in [5.41, 5.74) is 3.88. The normalized spacial score (nSPS) is 19.4. The maximum Gasteiger partial charge on any atom is 0.292 e. The zero-order valence-corrected chi connectivity index (χ0v) is 20.7. The highest BCUT2D eigenvalue weighted by Gasteiger charge is 2.31. The zero-order chi connectivity index (χ0) is 24.5. The van der Waals surface area contributed by atoms with Crippen LogP contribution in [0.4, 0.5) is 17.1 Å². The standard InChI is InChI=1S/C24H32N4O5S/c1-17-13-18(2)24(19(3)14-17)34(31,32)27-10-8-26(9-11-27)20-6-7-23(28(29)30)22(15-20)25-16-21-5-4-12-33-21/h6-7,13-15,21,25H,4-5,8-12,16H2,1-3H3/t21-/m1/s1. The van der Waals surface area contributed by atoms with Crippen molar-refractivity contribution in [2.24, 2.45) is 0 Å². The van der Waals surface area contributed by atoms with Crippen molar-refractivity contribution >= 4 is 27.1 Å². The molecule has 2 heterocycles. The summed E-state index contributed by atoms with van der Waals surface area (Å²) in [4.78, 5) is 13.6. The number of ether oxygens (including phenoxy) is 1. The van der Waals surface area contributed by atoms with Crippen molar-refractivity contribution in [2.75, 3.05) is 49.5 Å². The highest BCUT2D eigenvalue weighted by Crippen LogP contribution is 2.32. The smallest absolute Gasteiger partial charge is 0.292 e. The number of nitro groups is 1. The minimum atomic E-state index is -3.60. The second kappa shape index (κ2) is 9.89. The highest BCUT2D eigenvalue weighted by atomic mass is 32.2. The zero-order valence-electron chi connectivity index (χ0n) is 19.9. The Bertz CT molecular complexity index is 1150. The largest absolute Gasteiger partial charge is 0.377 e. The van der Waals surface area contributed by atoms with Crippen LogP contribution in [-0.2, 0) is 14.8 Å². The van der Waals surface area contributed by atoms with E-state index in [1.165, 1.54) is 10.4 Å². The first-order valence-electron chi connectivity index (χ1n) is 11.6. The van der Waals surface area contributed by atoms with Crippen LogP contribution in [0.2, 0.25) is 0 Å². The lowest BCUT2D eigenvalue weighted by Gasteiger charge is -2.36. The van der Waals surface area contributed by atoms with E-state index in [-0.39, 0.29) is 11.8 Å². The van der Waals surface area contributed by atoms with E-state index in [2.05, 4.69) is 10.2 Å². The number of nitro benzene ring substituents is 1. The van der Waals surface area contributed by atoms with Crippen LogP contribution in [0.1, 0.15) is 29.5 Å². The molecule has 9 nitrogen and oxygen atoms in total. The molecule has 2 aliphatic rings. The van der Waals surface area contributed by atoms with Crippen LogP contribution in [0.25, 0.3) is 0 Å². The number of hydrogen-bond donors (Lipinski definition) is 1. The van der Waals surface area contributed by atoms with Gasteiger partial charge >= 0.3 is 0 Å². The first-order chi connectivity index (χ1) is 16.2. The van der Waals surface area contributed by atoms with Crippen LogP contribution >= 0.6 is 0 Å². The van der Waals surface area contributed by atoms with Crippen molar-refractivity contribution < 1.29 is 18.1 Å². The molecular formula is C24H32N4O5S. The van der Waals surface area contributed by atoms with Crippen molar-refractivity contribution in [1.29, 1.82) is 0 Å². The van der Waals surface area contributed by atoms with Crippen LogP contribution in [0, 0.1) is 30.9 Å². The Morgan fingerprint density at radius 2 is 1.76 bits per heavy atom. The van der Waals surface area contributed by atoms with Gasteiger partial charge in [0.15, 0.2) is 0 Å². The van der Waals surface area contributed by atoms with E-state index in [4.69, 9.17) is 4.74 Å². The lowest BCUT2D eigenvalue weighted by Crippen LogP contribution is -2.49. The van der Waals surface area contributed by atoms with E-state index in [1.54, 1.807) is 12.1 Å². The van der Waals surface area contributed by atoms with Gasteiger partial charge in [0.05, 0.1) is 15.9 Å². The number of anilines is 2. The second-order valence-electron chi connectivity index (χ2n) is 9.09. The van der Waals surface area contributed by atoms with Gasteiger partial charge in [-0.25, -0.2) is 8.42 Å². The van der Waals surface area contributed by atoms with Crippen LogP contribution < -0.4 is 10.2 Å². The Hall–Kier alpha value is -2.69. The van der Waals surface area contributed by atoms with Crippen LogP contribution in [0.3, 0.4) is 0 Å². The molecule has 34 heavy (non-hydrogen) atoms. The first kappa shape index (κ1) is 24.4. The van der Waals surface area contributed by atoms with E-state index in [1.807, 2.05) is 32.9 Å². The summed E-state index contributed by atoms with van der Waals surface area (Å²) in [6, 6.07) is 8.82. The molecule has 0 amide bonds. The summed E-state index contributed by atoms with van der Waals surface area (Å²) >= 11 is 0. The predicted octanol–water partition coefficient (Wildman–Crippen LogP) is 3.62. The molecule has 184 valence electrons. The van der Waals surface area contributed by atoms with Crippen LogP contribution in [-0.4, -0.2) is 63.1 Å². The molecule has 1 atom stereocenters. The fourth-order valence-electron chi connectivity index (χ4n) is 4.94. The third-order valence-corrected chi connectivity index (χ3v) is 8.73. The van der Waals surface area contributed by atoms with Gasteiger partial charge in [-0.1, -0.05) is 17.7 Å². The van der Waals surface area contributed by atoms with Gasteiger partial charge in [-0.2, -0.15) is 4.31 Å². The van der Waals surface area contributed by atoms with Gasteiger partial charge in [0.25, 0.3) is 5.69 Å². The van der Waals surface area contributed by atoms with E-state index < -0.39 is 14.9 Å². The molecule has 2 aromatic carbocycles. The minimum Gasteiger partial charge on any atom is -0.377 e. The summed E-state index contributed by atoms with van der Waals surface area (Å²) < 4.78 is 33.9. The number of nitrogens with one attached hydrogen (secondary N) is 1. The lowest BCUT2D eigenvalue weighted by molar-refractivity contribution is -0.383. The summed E-state index contributed by atoms with van der Waals surface area (Å²) in [5.74, 6) is 0. The number of benzene rings is 2. The van der Waals surface area contributed by atoms with Gasteiger partial charge in [-0.3, -0.25) is 10.1 Å². The fourth-order valence-corrected chi connectivity index (χ4v) is 6.77. The number of hydrogen-bond acceptors (Lipinski definition) is 7. The van der Waals surface area contributed by atoms with Gasteiger partial charge in [-0.15, -0.1) is 0 Å². The Morgan fingerprint density at radius 3 is 2.35 bits per heavy atom. The molecule has 2 aliphatic heterocycles. The van der Waals surface area contributed by atoms with E-state index in [9.17, 15) is 18.5 Å². The van der Waals surface area contributed by atoms with Gasteiger partial charge < -0.3 is 15.0 Å². The summed E-state index contributed by atoms with van der Waals surface area (Å²) in [5, 5.41) is 14.7. The average Bonchev–Trinajstić information content (AvgIpc) is 3.30. The molecule has 4 rings (SSSR count). The lowest BCUT2D eigenvalue weighted by atomic mass is 10.1. The number of aryl methyl sites for hydroxylation is 3. The quantitative estimate of drug-likeness (QED) is 0.469. The number of sulfonamides is 1. The van der Waals surface area contributed by atoms with Crippen LogP contribution in [0.15, 0.2) is 35.2 Å². The average molecular weight is 489 g/mol. The molecule has 0 saturated carbocycles. The topological polar surface area (TPSA) is 105 Å². The fraction of sp³-hybridized carbons (Fsp3) is 0.500. The van der Waals surface area contributed by atoms with Crippen molar-refractivity contribution in [1.82, 2.24) is 4.31 Å². The predicted molar refractivity (Wildman–Crippen MR) is 132 cm³/mol. The van der Waals surface area contributed by atoms with Crippen molar-refractivity contribution in [3.8, 4) is 0 Å². The van der Waals surface area contributed by atoms with Crippen molar-refractivity contribution in [3.05, 3.63) is 57.1 Å². The molecule has 0 bridgehead atoms. The number of piperazine rings is 1. The Labute approximate surface area is 200 Å². The van der Waals surface area contributed by atoms with Crippen molar-refractivity contribution in [2.45, 2.75) is 44.6 Å². The maximum absolute atomic E-state index is 13.4. The number of nitrogens with zero attached hydrogens (tertiary/aromatic N) is 3. The minimum absolute atomic E-state index is 0.0216. The molecule has 0 unspecified atom stereocenters. The molecule has 0 spiro atoms. The summed E-state index contributed by atoms with van der Waals surface area (Å²) in [6.45, 7) is 8.60. The molecular weight excluding hydrogens is 456 g/mol. The molecule has 2 saturated heterocycles. The molecule has 10 heteroatoms. The number of rotatable bonds is 7. The molecule has 2 fully saturated rings. The highest BCUT2D eigenvalue weighted by molar-refractivity contribution is 7.89. The molecule has 1 N–H and O–H groups in total. The molecule has 2 aromatic rings. The Morgan fingerprint density at radius 1 is 1.09 bits per heavy atom. The molecule has 0 aliphatic carbocycles. The maximum atomic E-state index is 13.4. The van der Waals surface area contributed by atoms with E-state index in [0.29, 0.717) is 43.3 Å². The Kier molecular flexibility index (Phi) is 7.11. The second-order valence-corrected chi connectivity index (χ2v) is 11.0. The Balaban J connectivity index is 1.48. The summed E-state index contributed by atoms with van der Waals surface area (Å²) in [6.07, 6.45) is 2.01. The van der Waals surface area contributed by atoms with E-state index in [0.717, 1.165) is 41.8 Å². The van der Waals surface area contributed by atoms with Crippen LogP contribution in [0.5, 0.6) is 0 Å².